The molecule has 0 spiro atoms. The molecule has 11 heavy (non-hydrogen) atoms. The molecule has 0 fully saturated rings. The first-order valence-corrected chi connectivity index (χ1v) is 3.14. The lowest BCUT2D eigenvalue weighted by Crippen LogP contribution is -1.88. The molecule has 0 aliphatic heterocycles. The van der Waals surface area contributed by atoms with E-state index in [1.54, 1.807) is 18.3 Å². The summed E-state index contributed by atoms with van der Waals surface area (Å²) in [7, 11) is 0. The van der Waals surface area contributed by atoms with Crippen LogP contribution in [0.2, 0.25) is 0 Å². The van der Waals surface area contributed by atoms with Crippen LogP contribution in [-0.2, 0) is 0 Å². The Morgan fingerprint density at radius 3 is 2.91 bits per heavy atom. The predicted molar refractivity (Wildman–Crippen MR) is 42.6 cm³/mol. The van der Waals surface area contributed by atoms with Crippen molar-refractivity contribution in [2.45, 2.75) is 0 Å². The number of nitrogens with two attached hydrogens (primary N) is 1. The van der Waals surface area contributed by atoms with Crippen molar-refractivity contribution in [1.29, 1.82) is 0 Å². The first kappa shape index (κ1) is 7.58. The highest BCUT2D eigenvalue weighted by molar-refractivity contribution is 5.37. The van der Waals surface area contributed by atoms with Crippen molar-refractivity contribution in [2.75, 3.05) is 12.3 Å². The lowest BCUT2D eigenvalue weighted by atomic mass is 10.3. The maximum Gasteiger partial charge on any atom is 0.123 e. The fraction of sp³-hybridized carbons (Fsp3) is 0.125. The summed E-state index contributed by atoms with van der Waals surface area (Å²) in [4.78, 5) is 3.83. The van der Waals surface area contributed by atoms with E-state index in [1.165, 1.54) is 0 Å². The van der Waals surface area contributed by atoms with Crippen LogP contribution >= 0.6 is 0 Å². The van der Waals surface area contributed by atoms with Gasteiger partial charge in [0.2, 0.25) is 0 Å². The van der Waals surface area contributed by atoms with Gasteiger partial charge in [0.1, 0.15) is 12.4 Å². The average molecular weight is 148 g/mol. The van der Waals surface area contributed by atoms with Crippen molar-refractivity contribution in [3.8, 4) is 11.8 Å². The van der Waals surface area contributed by atoms with Crippen LogP contribution in [-0.4, -0.2) is 16.7 Å². The van der Waals surface area contributed by atoms with Gasteiger partial charge in [-0.05, 0) is 12.1 Å². The zero-order chi connectivity index (χ0) is 8.10. The summed E-state index contributed by atoms with van der Waals surface area (Å²) in [5.41, 5.74) is 6.10. The Morgan fingerprint density at radius 2 is 2.36 bits per heavy atom. The van der Waals surface area contributed by atoms with Gasteiger partial charge in [-0.3, -0.25) is 0 Å². The lowest BCUT2D eigenvalue weighted by molar-refractivity contribution is 0.350. The van der Waals surface area contributed by atoms with Crippen molar-refractivity contribution in [3.63, 3.8) is 0 Å². The smallest absolute Gasteiger partial charge is 0.123 e. The number of aliphatic hydroxyl groups excluding tert-OH is 1. The number of nitrogens with zero attached hydrogens (tertiary/aromatic N) is 1. The molecule has 0 atom stereocenters. The fourth-order valence-electron chi connectivity index (χ4n) is 0.621. The first-order chi connectivity index (χ1) is 5.33. The zero-order valence-corrected chi connectivity index (χ0v) is 5.91. The largest absolute Gasteiger partial charge is 0.384 e. The Bertz CT molecular complexity index is 281. The molecule has 1 aromatic rings. The van der Waals surface area contributed by atoms with Gasteiger partial charge in [0.05, 0.1) is 0 Å². The Hall–Kier alpha value is -1.53. The molecule has 0 aliphatic carbocycles. The number of rotatable bonds is 0. The molecule has 3 N–H and O–H groups in total. The number of pyridine rings is 1. The van der Waals surface area contributed by atoms with E-state index >= 15 is 0 Å². The van der Waals surface area contributed by atoms with E-state index in [9.17, 15) is 0 Å². The van der Waals surface area contributed by atoms with Crippen molar-refractivity contribution < 1.29 is 5.11 Å². The number of aromatic nitrogens is 1. The average Bonchev–Trinajstić information content (AvgIpc) is 2.04. The van der Waals surface area contributed by atoms with Crippen LogP contribution < -0.4 is 5.73 Å². The van der Waals surface area contributed by atoms with Crippen molar-refractivity contribution in [3.05, 3.63) is 23.9 Å². The second-order valence-corrected chi connectivity index (χ2v) is 1.93. The second-order valence-electron chi connectivity index (χ2n) is 1.93. The maximum atomic E-state index is 8.36. The molecule has 0 aliphatic rings. The van der Waals surface area contributed by atoms with Crippen molar-refractivity contribution in [2.24, 2.45) is 0 Å². The number of nitrogen functional groups attached to an aromatic ring is 1. The summed E-state index contributed by atoms with van der Waals surface area (Å²) in [5.74, 6) is 5.68. The van der Waals surface area contributed by atoms with Gasteiger partial charge in [-0.25, -0.2) is 4.98 Å². The Morgan fingerprint density at radius 1 is 1.55 bits per heavy atom. The van der Waals surface area contributed by atoms with Crippen LogP contribution in [0, 0.1) is 11.8 Å². The summed E-state index contributed by atoms with van der Waals surface area (Å²) in [5, 5.41) is 8.36. The van der Waals surface area contributed by atoms with Crippen LogP contribution in [0.4, 0.5) is 5.82 Å². The summed E-state index contributed by atoms with van der Waals surface area (Å²) in [6, 6.07) is 3.42. The highest BCUT2D eigenvalue weighted by Crippen LogP contribution is 1.98. The molecule has 0 aromatic carbocycles. The molecule has 1 aromatic heterocycles. The predicted octanol–water partition coefficient (Wildman–Crippen LogP) is 0.00760. The van der Waals surface area contributed by atoms with Gasteiger partial charge in [-0.15, -0.1) is 0 Å². The number of hydrogen-bond acceptors (Lipinski definition) is 3. The third-order valence-electron chi connectivity index (χ3n) is 1.10. The monoisotopic (exact) mass is 148 g/mol. The Balaban J connectivity index is 2.82. The highest BCUT2D eigenvalue weighted by atomic mass is 16.2. The molecule has 0 saturated heterocycles. The maximum absolute atomic E-state index is 8.36. The Kier molecular flexibility index (Phi) is 2.47. The van der Waals surface area contributed by atoms with E-state index in [1.807, 2.05) is 0 Å². The standard InChI is InChI=1S/C8H8N2O/c9-8-4-3-7(6-10-8)2-1-5-11/h3-4,6,11H,5H2,(H2,9,10). The lowest BCUT2D eigenvalue weighted by Gasteiger charge is -1.89. The van der Waals surface area contributed by atoms with Gasteiger partial charge >= 0.3 is 0 Å². The van der Waals surface area contributed by atoms with E-state index in [0.29, 0.717) is 5.82 Å². The van der Waals surface area contributed by atoms with E-state index in [2.05, 4.69) is 16.8 Å². The topological polar surface area (TPSA) is 59.1 Å². The molecular formula is C8H8N2O. The van der Waals surface area contributed by atoms with E-state index in [0.717, 1.165) is 5.56 Å². The van der Waals surface area contributed by atoms with Gasteiger partial charge in [-0.1, -0.05) is 11.8 Å². The molecule has 3 heteroatoms. The van der Waals surface area contributed by atoms with Gasteiger partial charge in [-0.2, -0.15) is 0 Å². The summed E-state index contributed by atoms with van der Waals surface area (Å²) in [6.45, 7) is -0.135. The van der Waals surface area contributed by atoms with Crippen molar-refractivity contribution in [1.82, 2.24) is 4.98 Å². The number of hydrogen-bond donors (Lipinski definition) is 2. The molecule has 3 nitrogen and oxygen atoms in total. The van der Waals surface area contributed by atoms with Crippen LogP contribution in [0.5, 0.6) is 0 Å². The van der Waals surface area contributed by atoms with E-state index < -0.39 is 0 Å². The van der Waals surface area contributed by atoms with E-state index in [4.69, 9.17) is 10.8 Å². The van der Waals surface area contributed by atoms with E-state index in [-0.39, 0.29) is 6.61 Å². The van der Waals surface area contributed by atoms with Gasteiger partial charge < -0.3 is 10.8 Å². The second kappa shape index (κ2) is 3.59. The molecule has 56 valence electrons. The minimum absolute atomic E-state index is 0.135. The molecule has 1 heterocycles. The Labute approximate surface area is 64.9 Å². The highest BCUT2D eigenvalue weighted by Gasteiger charge is 1.85. The molecule has 0 amide bonds. The summed E-state index contributed by atoms with van der Waals surface area (Å²) in [6.07, 6.45) is 1.57. The van der Waals surface area contributed by atoms with Crippen LogP contribution in [0.1, 0.15) is 5.56 Å². The third-order valence-corrected chi connectivity index (χ3v) is 1.10. The molecular weight excluding hydrogens is 140 g/mol. The SMILES string of the molecule is Nc1ccc(C#CCO)cn1. The van der Waals surface area contributed by atoms with Crippen molar-refractivity contribution >= 4 is 5.82 Å². The summed E-state index contributed by atoms with van der Waals surface area (Å²) >= 11 is 0. The third kappa shape index (κ3) is 2.28. The van der Waals surface area contributed by atoms with Crippen LogP contribution in [0.25, 0.3) is 0 Å². The van der Waals surface area contributed by atoms with Crippen LogP contribution in [0.3, 0.4) is 0 Å². The minimum Gasteiger partial charge on any atom is -0.384 e. The van der Waals surface area contributed by atoms with Gasteiger partial charge in [0, 0.05) is 11.8 Å². The van der Waals surface area contributed by atoms with Gasteiger partial charge in [0.15, 0.2) is 0 Å². The van der Waals surface area contributed by atoms with Gasteiger partial charge in [0.25, 0.3) is 0 Å². The molecule has 0 saturated carbocycles. The summed E-state index contributed by atoms with van der Waals surface area (Å²) < 4.78 is 0. The minimum atomic E-state index is -0.135. The zero-order valence-electron chi connectivity index (χ0n) is 5.91. The number of anilines is 1. The first-order valence-electron chi connectivity index (χ1n) is 3.14. The normalized spacial score (nSPS) is 8.45. The number of aliphatic hydroxyl groups is 1. The fourth-order valence-corrected chi connectivity index (χ4v) is 0.621. The quantitative estimate of drug-likeness (QED) is 0.509. The molecule has 0 unspecified atom stereocenters. The molecule has 0 radical (unpaired) electrons. The molecule has 0 bridgehead atoms. The van der Waals surface area contributed by atoms with Crippen LogP contribution in [0.15, 0.2) is 18.3 Å². The molecule has 1 rings (SSSR count).